The Bertz CT molecular complexity index is 606. The molecule has 0 fully saturated rings. The number of fused-ring (bicyclic) bond motifs is 1. The van der Waals surface area contributed by atoms with Crippen LogP contribution in [0.1, 0.15) is 58.1 Å². The molecule has 0 amide bonds. The monoisotopic (exact) mass is 295 g/mol. The summed E-state index contributed by atoms with van der Waals surface area (Å²) in [6.07, 6.45) is 7.94. The van der Waals surface area contributed by atoms with Crippen LogP contribution in [0, 0.1) is 0 Å². The van der Waals surface area contributed by atoms with Crippen LogP contribution in [0.25, 0.3) is 5.57 Å². The maximum absolute atomic E-state index is 4.44. The smallest absolute Gasteiger partial charge is 0.0601 e. The zero-order valence-electron chi connectivity index (χ0n) is 14.5. The lowest BCUT2D eigenvalue weighted by atomic mass is 9.71. The Balaban J connectivity index is 2.77. The fourth-order valence-corrected chi connectivity index (χ4v) is 3.89. The molecule has 0 heterocycles. The van der Waals surface area contributed by atoms with E-state index in [0.717, 1.165) is 31.5 Å². The summed E-state index contributed by atoms with van der Waals surface area (Å²) in [6, 6.07) is 8.84. The lowest BCUT2D eigenvalue weighted by molar-refractivity contribution is 0.514. The van der Waals surface area contributed by atoms with Crippen molar-refractivity contribution in [3.05, 3.63) is 65.4 Å². The van der Waals surface area contributed by atoms with Crippen molar-refractivity contribution in [3.8, 4) is 0 Å². The first-order valence-electron chi connectivity index (χ1n) is 8.57. The summed E-state index contributed by atoms with van der Waals surface area (Å²) in [6.45, 7) is 14.1. The van der Waals surface area contributed by atoms with Crippen LogP contribution in [0.3, 0.4) is 0 Å². The topological polar surface area (TPSA) is 12.0 Å². The van der Waals surface area contributed by atoms with Gasteiger partial charge in [-0.05, 0) is 49.0 Å². The number of nitrogens with one attached hydrogen (secondary N) is 1. The van der Waals surface area contributed by atoms with Gasteiger partial charge in [-0.15, -0.1) is 0 Å². The maximum Gasteiger partial charge on any atom is 0.0601 e. The molecule has 0 radical (unpaired) electrons. The highest BCUT2D eigenvalue weighted by molar-refractivity contribution is 5.91. The number of benzene rings is 1. The van der Waals surface area contributed by atoms with Crippen molar-refractivity contribution in [2.24, 2.45) is 0 Å². The molecule has 1 N–H and O–H groups in total. The van der Waals surface area contributed by atoms with E-state index in [1.165, 1.54) is 22.3 Å². The highest BCUT2D eigenvalue weighted by Gasteiger charge is 2.46. The van der Waals surface area contributed by atoms with Crippen molar-refractivity contribution in [2.45, 2.75) is 52.4 Å². The van der Waals surface area contributed by atoms with E-state index in [0.29, 0.717) is 0 Å². The first-order chi connectivity index (χ1) is 10.7. The Labute approximate surface area is 135 Å². The summed E-state index contributed by atoms with van der Waals surface area (Å²) < 4.78 is 0. The Morgan fingerprint density at radius 2 is 1.95 bits per heavy atom. The second-order valence-corrected chi connectivity index (χ2v) is 5.94. The molecule has 2 rings (SSSR count). The summed E-state index contributed by atoms with van der Waals surface area (Å²) in [5, 5.41) is 3.52. The second kappa shape index (κ2) is 7.00. The van der Waals surface area contributed by atoms with Gasteiger partial charge in [0.25, 0.3) is 0 Å². The third-order valence-electron chi connectivity index (χ3n) is 4.65. The Kier molecular flexibility index (Phi) is 5.28. The van der Waals surface area contributed by atoms with Crippen molar-refractivity contribution in [1.29, 1.82) is 0 Å². The van der Waals surface area contributed by atoms with Crippen LogP contribution in [0.15, 0.2) is 54.3 Å². The summed E-state index contributed by atoms with van der Waals surface area (Å²) in [7, 11) is 0. The van der Waals surface area contributed by atoms with Gasteiger partial charge in [0.2, 0.25) is 0 Å². The normalized spacial score (nSPS) is 23.8. The molecule has 1 nitrogen and oxygen atoms in total. The molecule has 0 spiro atoms. The van der Waals surface area contributed by atoms with E-state index in [1.54, 1.807) is 0 Å². The largest absolute Gasteiger partial charge is 0.388 e. The Morgan fingerprint density at radius 1 is 1.23 bits per heavy atom. The van der Waals surface area contributed by atoms with Gasteiger partial charge in [-0.1, -0.05) is 63.3 Å². The summed E-state index contributed by atoms with van der Waals surface area (Å²) >= 11 is 0. The number of rotatable bonds is 6. The number of likely N-dealkylation sites (N-methyl/N-ethyl adjacent to an activating group) is 1. The van der Waals surface area contributed by atoms with E-state index >= 15 is 0 Å². The third kappa shape index (κ3) is 2.43. The standard InChI is InChI=1S/C21H29N/c1-6-12-19-17(8-3)18-13-10-11-14-20(18)21(19,15-7-2)16(5)22-9-4/h8,10-14,22H,5-7,9,15H2,1-4H3/b17-8-,19-12+. The van der Waals surface area contributed by atoms with Gasteiger partial charge in [0, 0.05) is 12.2 Å². The van der Waals surface area contributed by atoms with Crippen molar-refractivity contribution < 1.29 is 0 Å². The van der Waals surface area contributed by atoms with Crippen LogP contribution in [-0.2, 0) is 5.41 Å². The van der Waals surface area contributed by atoms with E-state index < -0.39 is 0 Å². The molecule has 1 unspecified atom stereocenters. The number of allylic oxidation sites excluding steroid dienone is 4. The van der Waals surface area contributed by atoms with Gasteiger partial charge in [0.05, 0.1) is 5.41 Å². The van der Waals surface area contributed by atoms with Crippen LogP contribution in [0.4, 0.5) is 0 Å². The fourth-order valence-electron chi connectivity index (χ4n) is 3.89. The lowest BCUT2D eigenvalue weighted by Gasteiger charge is -2.35. The van der Waals surface area contributed by atoms with Crippen molar-refractivity contribution >= 4 is 5.57 Å². The quantitative estimate of drug-likeness (QED) is 0.720. The molecule has 1 aliphatic rings. The van der Waals surface area contributed by atoms with Gasteiger partial charge in [-0.3, -0.25) is 0 Å². The molecule has 1 aliphatic carbocycles. The zero-order valence-corrected chi connectivity index (χ0v) is 14.5. The summed E-state index contributed by atoms with van der Waals surface area (Å²) in [5.41, 5.74) is 6.66. The van der Waals surface area contributed by atoms with Crippen LogP contribution < -0.4 is 5.32 Å². The minimum Gasteiger partial charge on any atom is -0.388 e. The molecular weight excluding hydrogens is 266 g/mol. The molecular formula is C21H29N. The van der Waals surface area contributed by atoms with E-state index in [9.17, 15) is 0 Å². The van der Waals surface area contributed by atoms with E-state index in [1.807, 2.05) is 0 Å². The van der Waals surface area contributed by atoms with Crippen LogP contribution >= 0.6 is 0 Å². The van der Waals surface area contributed by atoms with Gasteiger partial charge in [0.15, 0.2) is 0 Å². The minimum absolute atomic E-state index is 0.0841. The predicted octanol–water partition coefficient (Wildman–Crippen LogP) is 5.60. The molecule has 1 heteroatoms. The lowest BCUT2D eigenvalue weighted by Crippen LogP contribution is -2.35. The zero-order chi connectivity index (χ0) is 16.2. The van der Waals surface area contributed by atoms with Crippen molar-refractivity contribution in [2.75, 3.05) is 6.54 Å². The first-order valence-corrected chi connectivity index (χ1v) is 8.57. The van der Waals surface area contributed by atoms with Crippen LogP contribution in [-0.4, -0.2) is 6.54 Å². The Morgan fingerprint density at radius 3 is 2.55 bits per heavy atom. The van der Waals surface area contributed by atoms with Crippen molar-refractivity contribution in [3.63, 3.8) is 0 Å². The molecule has 118 valence electrons. The average Bonchev–Trinajstić information content (AvgIpc) is 2.79. The highest BCUT2D eigenvalue weighted by atomic mass is 14.9. The van der Waals surface area contributed by atoms with Gasteiger partial charge < -0.3 is 5.32 Å². The highest BCUT2D eigenvalue weighted by Crippen LogP contribution is 2.55. The Hall–Kier alpha value is -1.76. The van der Waals surface area contributed by atoms with E-state index in [4.69, 9.17) is 0 Å². The maximum atomic E-state index is 4.44. The predicted molar refractivity (Wildman–Crippen MR) is 97.9 cm³/mol. The first kappa shape index (κ1) is 16.6. The van der Waals surface area contributed by atoms with Gasteiger partial charge in [0.1, 0.15) is 0 Å². The minimum atomic E-state index is -0.0841. The van der Waals surface area contributed by atoms with E-state index in [2.05, 4.69) is 76.0 Å². The number of hydrogen-bond acceptors (Lipinski definition) is 1. The molecule has 0 bridgehead atoms. The summed E-state index contributed by atoms with van der Waals surface area (Å²) in [4.78, 5) is 0. The SMILES string of the molecule is C=C(NCC)C1(CCC)C(=C/CC)/C(=C\C)c2ccccc21. The molecule has 1 aromatic rings. The molecule has 0 aromatic heterocycles. The van der Waals surface area contributed by atoms with Crippen LogP contribution in [0.2, 0.25) is 0 Å². The van der Waals surface area contributed by atoms with Gasteiger partial charge >= 0.3 is 0 Å². The molecule has 0 saturated heterocycles. The van der Waals surface area contributed by atoms with Crippen molar-refractivity contribution in [1.82, 2.24) is 5.32 Å². The molecule has 1 atom stereocenters. The fraction of sp³-hybridized carbons (Fsp3) is 0.429. The van der Waals surface area contributed by atoms with E-state index in [-0.39, 0.29) is 5.41 Å². The second-order valence-electron chi connectivity index (χ2n) is 5.94. The summed E-state index contributed by atoms with van der Waals surface area (Å²) in [5.74, 6) is 0. The third-order valence-corrected chi connectivity index (χ3v) is 4.65. The molecule has 22 heavy (non-hydrogen) atoms. The van der Waals surface area contributed by atoms with Gasteiger partial charge in [-0.2, -0.15) is 0 Å². The van der Waals surface area contributed by atoms with Gasteiger partial charge in [-0.25, -0.2) is 0 Å². The molecule has 0 aliphatic heterocycles. The van der Waals surface area contributed by atoms with Crippen LogP contribution in [0.5, 0.6) is 0 Å². The average molecular weight is 295 g/mol. The molecule has 0 saturated carbocycles. The molecule has 1 aromatic carbocycles. The number of hydrogen-bond donors (Lipinski definition) is 1.